The molecule has 0 spiro atoms. The number of esters is 1. The highest BCUT2D eigenvalue weighted by atomic mass is 32.2. The molecule has 2 N–H and O–H groups in total. The Morgan fingerprint density at radius 3 is 2.47 bits per heavy atom. The van der Waals surface area contributed by atoms with Crippen molar-refractivity contribution in [3.63, 3.8) is 0 Å². The molecule has 2 rings (SSSR count). The van der Waals surface area contributed by atoms with Gasteiger partial charge in [-0.1, -0.05) is 25.2 Å². The molecule has 32 heavy (non-hydrogen) atoms. The van der Waals surface area contributed by atoms with E-state index in [4.69, 9.17) is 4.74 Å². The third-order valence-corrected chi connectivity index (χ3v) is 6.41. The lowest BCUT2D eigenvalue weighted by Gasteiger charge is -2.23. The summed E-state index contributed by atoms with van der Waals surface area (Å²) in [5.74, 6) is -2.09. The second-order valence-electron chi connectivity index (χ2n) is 7.21. The molecule has 0 fully saturated rings. The topological polar surface area (TPSA) is 97.4 Å². The summed E-state index contributed by atoms with van der Waals surface area (Å²) in [5.41, 5.74) is -1.00. The molecule has 7 nitrogen and oxygen atoms in total. The van der Waals surface area contributed by atoms with E-state index in [1.165, 1.54) is 13.0 Å². The predicted octanol–water partition coefficient (Wildman–Crippen LogP) is 4.43. The average molecular weight is 498 g/mol. The highest BCUT2D eigenvalue weighted by Crippen LogP contribution is 2.37. The van der Waals surface area contributed by atoms with Crippen LogP contribution in [0.2, 0.25) is 0 Å². The number of sulfone groups is 1. The molecule has 0 aliphatic rings. The average Bonchev–Trinajstić information content (AvgIpc) is 3.10. The normalized spacial score (nSPS) is 13.2. The first-order chi connectivity index (χ1) is 14.7. The Morgan fingerprint density at radius 2 is 1.94 bits per heavy atom. The fourth-order valence-corrected chi connectivity index (χ4v) is 4.35. The summed E-state index contributed by atoms with van der Waals surface area (Å²) in [6.45, 7) is 5.19. The molecule has 1 aromatic heterocycles. The van der Waals surface area contributed by atoms with Crippen LogP contribution in [-0.2, 0) is 20.8 Å². The molecular formula is C19H23F4N3O4S2. The van der Waals surface area contributed by atoms with Crippen molar-refractivity contribution in [1.29, 1.82) is 0 Å². The Hall–Kier alpha value is -2.41. The molecule has 0 bridgehead atoms. The highest BCUT2D eigenvalue weighted by molar-refractivity contribution is 7.90. The molecule has 0 saturated carbocycles. The zero-order valence-electron chi connectivity index (χ0n) is 17.7. The summed E-state index contributed by atoms with van der Waals surface area (Å²) in [6.07, 6.45) is -3.95. The summed E-state index contributed by atoms with van der Waals surface area (Å²) in [5, 5.41) is 5.72. The van der Waals surface area contributed by atoms with E-state index < -0.39 is 49.3 Å². The van der Waals surface area contributed by atoms with Crippen LogP contribution in [0.5, 0.6) is 0 Å². The minimum atomic E-state index is -4.83. The fraction of sp³-hybridized carbons (Fsp3) is 0.474. The Bertz CT molecular complexity index is 1070. The number of nitrogens with one attached hydrogen (secondary N) is 2. The Balaban J connectivity index is 2.24. The summed E-state index contributed by atoms with van der Waals surface area (Å²) in [7, 11) is -3.78. The van der Waals surface area contributed by atoms with Gasteiger partial charge in [0.15, 0.2) is 20.7 Å². The molecule has 0 radical (unpaired) electrons. The van der Waals surface area contributed by atoms with Gasteiger partial charge in [0.25, 0.3) is 0 Å². The van der Waals surface area contributed by atoms with Gasteiger partial charge in [0.1, 0.15) is 15.6 Å². The molecule has 0 amide bonds. The number of carbonyl (C=O) groups is 1. The van der Waals surface area contributed by atoms with E-state index in [1.54, 1.807) is 0 Å². The van der Waals surface area contributed by atoms with Crippen molar-refractivity contribution in [2.24, 2.45) is 5.92 Å². The van der Waals surface area contributed by atoms with Crippen LogP contribution >= 0.6 is 11.3 Å². The van der Waals surface area contributed by atoms with Crippen molar-refractivity contribution in [2.75, 3.05) is 30.0 Å². The van der Waals surface area contributed by atoms with E-state index in [0.29, 0.717) is 17.0 Å². The number of rotatable bonds is 9. The van der Waals surface area contributed by atoms with Crippen molar-refractivity contribution >= 4 is 38.0 Å². The van der Waals surface area contributed by atoms with Crippen LogP contribution in [0.4, 0.5) is 28.4 Å². The summed E-state index contributed by atoms with van der Waals surface area (Å²) >= 11 is 0.536. The van der Waals surface area contributed by atoms with Crippen LogP contribution in [0, 0.1) is 11.7 Å². The molecule has 1 atom stereocenters. The van der Waals surface area contributed by atoms with Gasteiger partial charge < -0.3 is 15.4 Å². The number of aromatic nitrogens is 1. The van der Waals surface area contributed by atoms with Gasteiger partial charge in [0.05, 0.1) is 6.61 Å². The first-order valence-electron chi connectivity index (χ1n) is 9.49. The Kier molecular flexibility index (Phi) is 8.10. The molecule has 1 aromatic carbocycles. The predicted molar refractivity (Wildman–Crippen MR) is 113 cm³/mol. The lowest BCUT2D eigenvalue weighted by atomic mass is 10.0. The maximum Gasteiger partial charge on any atom is 0.435 e. The number of thiazole rings is 1. The summed E-state index contributed by atoms with van der Waals surface area (Å²) < 4.78 is 81.8. The number of nitrogens with zero attached hydrogens (tertiary/aromatic N) is 1. The number of carbonyl (C=O) groups excluding carboxylic acids is 1. The number of alkyl halides is 3. The number of hydrogen-bond acceptors (Lipinski definition) is 8. The van der Waals surface area contributed by atoms with Gasteiger partial charge in [-0.2, -0.15) is 13.2 Å². The van der Waals surface area contributed by atoms with E-state index in [1.807, 2.05) is 13.8 Å². The van der Waals surface area contributed by atoms with Crippen molar-refractivity contribution in [3.8, 4) is 0 Å². The SMILES string of the molecule is CCOC(=O)c1sc(N[C@@H](CNc2ccc(F)c(S(C)(=O)=O)c2)C(C)C)nc1C(F)(F)F. The van der Waals surface area contributed by atoms with Crippen LogP contribution < -0.4 is 10.6 Å². The molecule has 178 valence electrons. The highest BCUT2D eigenvalue weighted by Gasteiger charge is 2.40. The van der Waals surface area contributed by atoms with E-state index in [0.717, 1.165) is 18.4 Å². The van der Waals surface area contributed by atoms with E-state index in [2.05, 4.69) is 15.6 Å². The van der Waals surface area contributed by atoms with Crippen LogP contribution in [0.15, 0.2) is 23.1 Å². The Morgan fingerprint density at radius 1 is 1.28 bits per heavy atom. The zero-order chi connectivity index (χ0) is 24.3. The number of ether oxygens (including phenoxy) is 1. The first-order valence-corrected chi connectivity index (χ1v) is 12.2. The number of halogens is 4. The molecule has 13 heteroatoms. The monoisotopic (exact) mass is 497 g/mol. The van der Waals surface area contributed by atoms with Gasteiger partial charge in [-0.3, -0.25) is 0 Å². The smallest absolute Gasteiger partial charge is 0.435 e. The van der Waals surface area contributed by atoms with Crippen molar-refractivity contribution in [1.82, 2.24) is 4.98 Å². The number of benzene rings is 1. The zero-order valence-corrected chi connectivity index (χ0v) is 19.3. The fourth-order valence-electron chi connectivity index (χ4n) is 2.65. The summed E-state index contributed by atoms with van der Waals surface area (Å²) in [4.78, 5) is 14.4. The van der Waals surface area contributed by atoms with Gasteiger partial charge >= 0.3 is 12.1 Å². The van der Waals surface area contributed by atoms with Gasteiger partial charge in [-0.25, -0.2) is 22.6 Å². The van der Waals surface area contributed by atoms with Gasteiger partial charge in [0.2, 0.25) is 0 Å². The lowest BCUT2D eigenvalue weighted by Crippen LogP contribution is -2.33. The van der Waals surface area contributed by atoms with E-state index in [-0.39, 0.29) is 24.2 Å². The quantitative estimate of drug-likeness (QED) is 0.391. The molecular weight excluding hydrogens is 474 g/mol. The molecule has 0 aliphatic heterocycles. The molecule has 0 saturated heterocycles. The molecule has 2 aromatic rings. The molecule has 1 heterocycles. The third-order valence-electron chi connectivity index (χ3n) is 4.33. The lowest BCUT2D eigenvalue weighted by molar-refractivity contribution is -0.141. The van der Waals surface area contributed by atoms with Crippen molar-refractivity contribution < 1.29 is 35.5 Å². The second-order valence-corrected chi connectivity index (χ2v) is 10.2. The minimum Gasteiger partial charge on any atom is -0.462 e. The molecule has 0 aliphatic carbocycles. The largest absolute Gasteiger partial charge is 0.462 e. The standard InChI is InChI=1S/C19H23F4N3O4S2/c1-5-30-17(27)15-16(19(21,22)23)26-18(31-15)25-13(10(2)3)9-24-11-6-7-12(20)14(8-11)32(4,28)29/h6-8,10,13,24H,5,9H2,1-4H3,(H,25,26)/t13-/m0/s1. The molecule has 0 unspecified atom stereocenters. The van der Waals surface area contributed by atoms with E-state index >= 15 is 0 Å². The van der Waals surface area contributed by atoms with Crippen LogP contribution in [-0.4, -0.2) is 44.8 Å². The Labute approximate surface area is 187 Å². The van der Waals surface area contributed by atoms with Gasteiger partial charge in [-0.15, -0.1) is 0 Å². The van der Waals surface area contributed by atoms with Gasteiger partial charge in [0, 0.05) is 24.5 Å². The van der Waals surface area contributed by atoms with E-state index in [9.17, 15) is 30.8 Å². The number of hydrogen-bond donors (Lipinski definition) is 2. The van der Waals surface area contributed by atoms with Crippen molar-refractivity contribution in [3.05, 3.63) is 34.6 Å². The second kappa shape index (κ2) is 10.0. The van der Waals surface area contributed by atoms with Crippen LogP contribution in [0.3, 0.4) is 0 Å². The maximum absolute atomic E-state index is 13.8. The van der Waals surface area contributed by atoms with Crippen LogP contribution in [0.25, 0.3) is 0 Å². The third kappa shape index (κ3) is 6.55. The minimum absolute atomic E-state index is 0.0809. The van der Waals surface area contributed by atoms with Crippen LogP contribution in [0.1, 0.15) is 36.1 Å². The summed E-state index contributed by atoms with van der Waals surface area (Å²) in [6, 6.07) is 3.06. The van der Waals surface area contributed by atoms with Gasteiger partial charge in [-0.05, 0) is 31.0 Å². The number of anilines is 2. The maximum atomic E-state index is 13.8. The first kappa shape index (κ1) is 25.8. The van der Waals surface area contributed by atoms with Crippen molar-refractivity contribution in [2.45, 2.75) is 37.9 Å².